The molecule has 0 N–H and O–H groups in total. The molecule has 0 aromatic rings. The summed E-state index contributed by atoms with van der Waals surface area (Å²) in [5.74, 6) is 0.728. The fourth-order valence-electron chi connectivity index (χ4n) is 1.34. The SMILES string of the molecule is C[C@@H]1CC[P@](C)(=O)C1. The fraction of sp³-hybridized carbons (Fsp3) is 1.00. The molecule has 1 fully saturated rings. The zero-order valence-corrected chi connectivity index (χ0v) is 6.45. The fourth-order valence-corrected chi connectivity index (χ4v) is 4.01. The van der Waals surface area contributed by atoms with E-state index in [1.165, 1.54) is 6.42 Å². The Bertz CT molecular complexity index is 130. The largest absolute Gasteiger partial charge is 0.324 e. The quantitative estimate of drug-likeness (QED) is 0.461. The van der Waals surface area contributed by atoms with Gasteiger partial charge >= 0.3 is 0 Å². The molecule has 0 saturated carbocycles. The van der Waals surface area contributed by atoms with Crippen LogP contribution in [0.25, 0.3) is 0 Å². The molecule has 1 aliphatic heterocycles. The van der Waals surface area contributed by atoms with Crippen LogP contribution in [0.3, 0.4) is 0 Å². The van der Waals surface area contributed by atoms with Crippen molar-refractivity contribution in [1.29, 1.82) is 0 Å². The van der Waals surface area contributed by atoms with E-state index < -0.39 is 7.14 Å². The summed E-state index contributed by atoms with van der Waals surface area (Å²) in [6.45, 7) is 4.11. The number of hydrogen-bond donors (Lipinski definition) is 0. The van der Waals surface area contributed by atoms with Crippen molar-refractivity contribution in [2.75, 3.05) is 19.0 Å². The van der Waals surface area contributed by atoms with Crippen LogP contribution in [0.1, 0.15) is 13.3 Å². The van der Waals surface area contributed by atoms with Crippen molar-refractivity contribution in [1.82, 2.24) is 0 Å². The van der Waals surface area contributed by atoms with E-state index >= 15 is 0 Å². The number of hydrogen-bond acceptors (Lipinski definition) is 1. The van der Waals surface area contributed by atoms with Gasteiger partial charge in [-0.25, -0.2) is 0 Å². The van der Waals surface area contributed by atoms with Crippen molar-refractivity contribution in [2.45, 2.75) is 13.3 Å². The average molecular weight is 132 g/mol. The van der Waals surface area contributed by atoms with Crippen LogP contribution >= 0.6 is 7.14 Å². The Balaban J connectivity index is 2.57. The van der Waals surface area contributed by atoms with E-state index in [0.717, 1.165) is 18.2 Å². The Hall–Kier alpha value is 0.230. The third kappa shape index (κ3) is 1.35. The molecule has 0 aromatic carbocycles. The van der Waals surface area contributed by atoms with E-state index in [2.05, 4.69) is 6.92 Å². The second-order valence-electron chi connectivity index (χ2n) is 3.10. The van der Waals surface area contributed by atoms with Gasteiger partial charge in [0.15, 0.2) is 0 Å². The Morgan fingerprint density at radius 3 is 2.38 bits per heavy atom. The van der Waals surface area contributed by atoms with Crippen LogP contribution < -0.4 is 0 Å². The molecule has 0 spiro atoms. The summed E-state index contributed by atoms with van der Waals surface area (Å²) in [7, 11) is -1.60. The molecular weight excluding hydrogens is 119 g/mol. The molecule has 2 heteroatoms. The van der Waals surface area contributed by atoms with Crippen molar-refractivity contribution >= 4 is 7.14 Å². The molecule has 48 valence electrons. The molecule has 0 aliphatic carbocycles. The maximum Gasteiger partial charge on any atom is 0.0851 e. The van der Waals surface area contributed by atoms with Gasteiger partial charge in [0.05, 0.1) is 7.14 Å². The van der Waals surface area contributed by atoms with Gasteiger partial charge in [0, 0.05) is 12.3 Å². The van der Waals surface area contributed by atoms with E-state index in [9.17, 15) is 4.57 Å². The summed E-state index contributed by atoms with van der Waals surface area (Å²) >= 11 is 0. The highest BCUT2D eigenvalue weighted by molar-refractivity contribution is 7.63. The molecule has 0 unspecified atom stereocenters. The molecule has 0 radical (unpaired) electrons. The van der Waals surface area contributed by atoms with Crippen LogP contribution in [-0.4, -0.2) is 19.0 Å². The Labute approximate surface area is 50.8 Å². The molecule has 0 bridgehead atoms. The van der Waals surface area contributed by atoms with Gasteiger partial charge in [0.2, 0.25) is 0 Å². The molecule has 1 nitrogen and oxygen atoms in total. The first-order chi connectivity index (χ1) is 3.60. The summed E-state index contributed by atoms with van der Waals surface area (Å²) in [6.07, 6.45) is 3.18. The first-order valence-corrected chi connectivity index (χ1v) is 5.68. The smallest absolute Gasteiger partial charge is 0.0851 e. The second-order valence-corrected chi connectivity index (χ2v) is 6.50. The lowest BCUT2D eigenvalue weighted by molar-refractivity contribution is 0.581. The standard InChI is InChI=1S/C6H13OP/c1-6-3-4-8(2,7)5-6/h6H,3-5H2,1-2H3/t6-,8+/m1/s1. The van der Waals surface area contributed by atoms with Crippen LogP contribution in [-0.2, 0) is 4.57 Å². The lowest BCUT2D eigenvalue weighted by Crippen LogP contribution is -1.87. The van der Waals surface area contributed by atoms with Crippen LogP contribution in [0.5, 0.6) is 0 Å². The van der Waals surface area contributed by atoms with E-state index in [4.69, 9.17) is 0 Å². The molecule has 2 atom stereocenters. The average Bonchev–Trinajstić information content (AvgIpc) is 1.82. The van der Waals surface area contributed by atoms with E-state index in [0.29, 0.717) is 0 Å². The molecule has 0 aromatic heterocycles. The monoisotopic (exact) mass is 132 g/mol. The minimum absolute atomic E-state index is 0.728. The maximum absolute atomic E-state index is 11.2. The minimum atomic E-state index is -1.60. The summed E-state index contributed by atoms with van der Waals surface area (Å²) in [5.41, 5.74) is 0. The molecule has 0 amide bonds. The van der Waals surface area contributed by atoms with Gasteiger partial charge in [0.25, 0.3) is 0 Å². The van der Waals surface area contributed by atoms with Gasteiger partial charge in [-0.2, -0.15) is 0 Å². The van der Waals surface area contributed by atoms with Crippen molar-refractivity contribution in [2.24, 2.45) is 5.92 Å². The highest BCUT2D eigenvalue weighted by Crippen LogP contribution is 2.50. The molecule has 1 rings (SSSR count). The highest BCUT2D eigenvalue weighted by Gasteiger charge is 2.26. The minimum Gasteiger partial charge on any atom is -0.324 e. The first kappa shape index (κ1) is 6.35. The summed E-state index contributed by atoms with van der Waals surface area (Å²) < 4.78 is 11.2. The van der Waals surface area contributed by atoms with Crippen molar-refractivity contribution in [3.05, 3.63) is 0 Å². The Morgan fingerprint density at radius 2 is 2.25 bits per heavy atom. The van der Waals surface area contributed by atoms with Crippen LogP contribution in [0, 0.1) is 5.92 Å². The van der Waals surface area contributed by atoms with Gasteiger partial charge in [0.1, 0.15) is 0 Å². The van der Waals surface area contributed by atoms with Crippen molar-refractivity contribution in [3.8, 4) is 0 Å². The van der Waals surface area contributed by atoms with Crippen LogP contribution in [0.15, 0.2) is 0 Å². The van der Waals surface area contributed by atoms with Crippen LogP contribution in [0.2, 0.25) is 0 Å². The van der Waals surface area contributed by atoms with E-state index in [1.54, 1.807) is 0 Å². The third-order valence-electron chi connectivity index (χ3n) is 1.79. The van der Waals surface area contributed by atoms with Gasteiger partial charge in [-0.05, 0) is 19.0 Å². The van der Waals surface area contributed by atoms with Gasteiger partial charge < -0.3 is 4.57 Å². The third-order valence-corrected chi connectivity index (χ3v) is 4.39. The zero-order valence-electron chi connectivity index (χ0n) is 5.55. The lowest BCUT2D eigenvalue weighted by Gasteiger charge is -1.99. The first-order valence-electron chi connectivity index (χ1n) is 3.16. The van der Waals surface area contributed by atoms with Gasteiger partial charge in [-0.1, -0.05) is 6.92 Å². The van der Waals surface area contributed by atoms with Crippen molar-refractivity contribution < 1.29 is 4.57 Å². The molecule has 1 heterocycles. The molecule has 1 saturated heterocycles. The van der Waals surface area contributed by atoms with Crippen molar-refractivity contribution in [3.63, 3.8) is 0 Å². The second kappa shape index (κ2) is 1.88. The molecule has 1 aliphatic rings. The number of rotatable bonds is 0. The van der Waals surface area contributed by atoms with Gasteiger partial charge in [-0.15, -0.1) is 0 Å². The van der Waals surface area contributed by atoms with Gasteiger partial charge in [-0.3, -0.25) is 0 Å². The predicted octanol–water partition coefficient (Wildman–Crippen LogP) is 2.02. The topological polar surface area (TPSA) is 17.1 Å². The summed E-state index contributed by atoms with van der Waals surface area (Å²) in [6, 6.07) is 0. The predicted molar refractivity (Wildman–Crippen MR) is 37.0 cm³/mol. The molecular formula is C6H13OP. The molecule has 8 heavy (non-hydrogen) atoms. The van der Waals surface area contributed by atoms with Crippen LogP contribution in [0.4, 0.5) is 0 Å². The zero-order chi connectivity index (χ0) is 6.20. The van der Waals surface area contributed by atoms with E-state index in [-0.39, 0.29) is 0 Å². The Kier molecular flexibility index (Phi) is 1.49. The normalized spacial score (nSPS) is 47.5. The maximum atomic E-state index is 11.2. The lowest BCUT2D eigenvalue weighted by atomic mass is 10.2. The Morgan fingerprint density at radius 1 is 1.62 bits per heavy atom. The van der Waals surface area contributed by atoms with E-state index in [1.807, 2.05) is 6.66 Å². The highest BCUT2D eigenvalue weighted by atomic mass is 31.2. The summed E-state index contributed by atoms with van der Waals surface area (Å²) in [5, 5.41) is 0. The summed E-state index contributed by atoms with van der Waals surface area (Å²) in [4.78, 5) is 0.